The molecule has 3 heteroatoms. The Balaban J connectivity index is 2.33. The number of carbonyl (C=O) groups excluding carboxylic acids is 1. The lowest BCUT2D eigenvalue weighted by atomic mass is 9.81. The molecule has 19 heavy (non-hydrogen) atoms. The smallest absolute Gasteiger partial charge is 0.150 e. The molecule has 3 nitrogen and oxygen atoms in total. The number of carbonyl (C=O) groups is 1. The predicted molar refractivity (Wildman–Crippen MR) is 75.1 cm³/mol. The number of Topliss-reactive ketones (excluding diaryl/α,β-unsaturated/α-hetero) is 1. The second-order valence-electron chi connectivity index (χ2n) is 5.21. The highest BCUT2D eigenvalue weighted by Crippen LogP contribution is 2.37. The lowest BCUT2D eigenvalue weighted by molar-refractivity contribution is -0.130. The molecule has 0 aliphatic rings. The van der Waals surface area contributed by atoms with Gasteiger partial charge in [0.1, 0.15) is 11.5 Å². The molecule has 0 radical (unpaired) electrons. The summed E-state index contributed by atoms with van der Waals surface area (Å²) in [5, 5.41) is 0. The van der Waals surface area contributed by atoms with Gasteiger partial charge in [-0.3, -0.25) is 4.79 Å². The highest BCUT2D eigenvalue weighted by molar-refractivity contribution is 5.82. The number of hydrogen-bond acceptors (Lipinski definition) is 2. The number of ether oxygens (including phenoxy) is 1. The van der Waals surface area contributed by atoms with E-state index in [4.69, 9.17) is 4.74 Å². The fraction of sp³-hybridized carbons (Fsp3) is 0.312. The fourth-order valence-corrected chi connectivity index (χ4v) is 1.93. The van der Waals surface area contributed by atoms with E-state index in [9.17, 15) is 4.79 Å². The first-order valence-corrected chi connectivity index (χ1v) is 6.38. The van der Waals surface area contributed by atoms with E-state index in [1.165, 1.54) is 0 Å². The number of benzene rings is 1. The number of aromatic amines is 1. The minimum Gasteiger partial charge on any atom is -0.483 e. The lowest BCUT2D eigenvalue weighted by Crippen LogP contribution is -2.33. The zero-order valence-corrected chi connectivity index (χ0v) is 11.5. The van der Waals surface area contributed by atoms with Gasteiger partial charge in [0.15, 0.2) is 6.10 Å². The first kappa shape index (κ1) is 13.4. The van der Waals surface area contributed by atoms with Crippen molar-refractivity contribution in [1.82, 2.24) is 4.98 Å². The molecule has 0 amide bonds. The Labute approximate surface area is 113 Å². The summed E-state index contributed by atoms with van der Waals surface area (Å²) in [6.07, 6.45) is 1.51. The summed E-state index contributed by atoms with van der Waals surface area (Å²) in [6, 6.07) is 13.4. The zero-order valence-electron chi connectivity index (χ0n) is 11.5. The van der Waals surface area contributed by atoms with Crippen molar-refractivity contribution >= 4 is 5.78 Å². The van der Waals surface area contributed by atoms with E-state index < -0.39 is 5.41 Å². The summed E-state index contributed by atoms with van der Waals surface area (Å²) in [5.41, 5.74) is 0.310. The normalized spacial score (nSPS) is 13.0. The van der Waals surface area contributed by atoms with Crippen LogP contribution in [0.15, 0.2) is 48.7 Å². The third-order valence-electron chi connectivity index (χ3n) is 3.46. The number of nitrogens with one attached hydrogen (secondary N) is 1. The molecule has 2 aromatic rings. The molecule has 1 atom stereocenters. The summed E-state index contributed by atoms with van der Waals surface area (Å²) in [5.74, 6) is 0.861. The number of hydrogen-bond donors (Lipinski definition) is 1. The van der Waals surface area contributed by atoms with Crippen LogP contribution in [0.4, 0.5) is 0 Å². The number of aromatic nitrogens is 1. The van der Waals surface area contributed by atoms with E-state index in [0.29, 0.717) is 0 Å². The van der Waals surface area contributed by atoms with Gasteiger partial charge in [0.05, 0.1) is 11.1 Å². The minimum absolute atomic E-state index is 0.100. The summed E-state index contributed by atoms with van der Waals surface area (Å²) in [7, 11) is 0. The number of rotatable bonds is 5. The largest absolute Gasteiger partial charge is 0.483 e. The van der Waals surface area contributed by atoms with E-state index in [-0.39, 0.29) is 11.9 Å². The predicted octanol–water partition coefficient (Wildman–Crippen LogP) is 3.75. The van der Waals surface area contributed by atoms with Gasteiger partial charge >= 0.3 is 0 Å². The second-order valence-corrected chi connectivity index (χ2v) is 5.21. The quantitative estimate of drug-likeness (QED) is 0.886. The molecule has 1 unspecified atom stereocenters. The topological polar surface area (TPSA) is 42.1 Å². The van der Waals surface area contributed by atoms with Crippen molar-refractivity contribution in [2.45, 2.75) is 26.9 Å². The van der Waals surface area contributed by atoms with E-state index in [0.717, 1.165) is 11.4 Å². The Kier molecular flexibility index (Phi) is 3.74. The highest BCUT2D eigenvalue weighted by Gasteiger charge is 2.37. The monoisotopic (exact) mass is 257 g/mol. The van der Waals surface area contributed by atoms with Gasteiger partial charge in [-0.2, -0.15) is 0 Å². The Bertz CT molecular complexity index is 529. The average Bonchev–Trinajstić information content (AvgIpc) is 2.90. The number of para-hydroxylation sites is 1. The van der Waals surface area contributed by atoms with Gasteiger partial charge in [-0.05, 0) is 45.0 Å². The van der Waals surface area contributed by atoms with Crippen molar-refractivity contribution < 1.29 is 9.53 Å². The first-order valence-electron chi connectivity index (χ1n) is 6.38. The molecular formula is C16H19NO2. The molecule has 2 rings (SSSR count). The number of H-pyrrole nitrogens is 1. The van der Waals surface area contributed by atoms with E-state index in [1.54, 1.807) is 6.92 Å². The van der Waals surface area contributed by atoms with E-state index >= 15 is 0 Å². The van der Waals surface area contributed by atoms with Gasteiger partial charge in [-0.15, -0.1) is 0 Å². The van der Waals surface area contributed by atoms with Crippen molar-refractivity contribution in [3.63, 3.8) is 0 Å². The van der Waals surface area contributed by atoms with Crippen molar-refractivity contribution in [3.05, 3.63) is 54.4 Å². The molecule has 0 bridgehead atoms. The lowest BCUT2D eigenvalue weighted by Gasteiger charge is -2.31. The van der Waals surface area contributed by atoms with Gasteiger partial charge in [0.2, 0.25) is 0 Å². The standard InChI is InChI=1S/C16H19NO2/c1-12(18)16(2,3)15(14-10-7-11-17-14)19-13-8-5-4-6-9-13/h4-11,15,17H,1-3H3. The third-order valence-corrected chi connectivity index (χ3v) is 3.46. The van der Waals surface area contributed by atoms with E-state index in [1.807, 2.05) is 62.5 Å². The SMILES string of the molecule is CC(=O)C(C)(C)C(Oc1ccccc1)c1ccc[nH]1. The molecule has 100 valence electrons. The maximum Gasteiger partial charge on any atom is 0.150 e. The van der Waals surface area contributed by atoms with Crippen LogP contribution >= 0.6 is 0 Å². The number of ketones is 1. The summed E-state index contributed by atoms with van der Waals surface area (Å²) in [4.78, 5) is 15.0. The summed E-state index contributed by atoms with van der Waals surface area (Å²) >= 11 is 0. The van der Waals surface area contributed by atoms with Crippen LogP contribution in [-0.4, -0.2) is 10.8 Å². The van der Waals surface area contributed by atoms with Gasteiger partial charge in [0.25, 0.3) is 0 Å². The second kappa shape index (κ2) is 5.31. The Hall–Kier alpha value is -2.03. The van der Waals surface area contributed by atoms with Crippen molar-refractivity contribution in [2.75, 3.05) is 0 Å². The molecule has 0 saturated heterocycles. The molecule has 0 fully saturated rings. The van der Waals surface area contributed by atoms with Crippen molar-refractivity contribution in [1.29, 1.82) is 0 Å². The van der Waals surface area contributed by atoms with Gasteiger partial charge in [-0.25, -0.2) is 0 Å². The van der Waals surface area contributed by atoms with Crippen molar-refractivity contribution in [3.8, 4) is 5.75 Å². The van der Waals surface area contributed by atoms with Crippen LogP contribution in [0.1, 0.15) is 32.6 Å². The first-order chi connectivity index (χ1) is 9.01. The maximum atomic E-state index is 11.9. The van der Waals surface area contributed by atoms with Crippen LogP contribution in [-0.2, 0) is 4.79 Å². The Morgan fingerprint density at radius 3 is 2.37 bits per heavy atom. The third kappa shape index (κ3) is 2.87. The molecule has 1 heterocycles. The fourth-order valence-electron chi connectivity index (χ4n) is 1.93. The average molecular weight is 257 g/mol. The molecule has 0 spiro atoms. The minimum atomic E-state index is -0.597. The zero-order chi connectivity index (χ0) is 13.9. The van der Waals surface area contributed by atoms with Crippen LogP contribution in [0.3, 0.4) is 0 Å². The maximum absolute atomic E-state index is 11.9. The molecular weight excluding hydrogens is 238 g/mol. The Morgan fingerprint density at radius 2 is 1.84 bits per heavy atom. The molecule has 1 N–H and O–H groups in total. The molecule has 0 saturated carbocycles. The van der Waals surface area contributed by atoms with Gasteiger partial charge in [-0.1, -0.05) is 18.2 Å². The highest BCUT2D eigenvalue weighted by atomic mass is 16.5. The summed E-state index contributed by atoms with van der Waals surface area (Å²) in [6.45, 7) is 5.41. The van der Waals surface area contributed by atoms with Crippen LogP contribution in [0.5, 0.6) is 5.75 Å². The van der Waals surface area contributed by atoms with Gasteiger partial charge in [0, 0.05) is 6.20 Å². The molecule has 1 aromatic carbocycles. The molecule has 0 aliphatic carbocycles. The Morgan fingerprint density at radius 1 is 1.16 bits per heavy atom. The van der Waals surface area contributed by atoms with Crippen molar-refractivity contribution in [2.24, 2.45) is 5.41 Å². The van der Waals surface area contributed by atoms with Crippen LogP contribution in [0.2, 0.25) is 0 Å². The van der Waals surface area contributed by atoms with Crippen LogP contribution < -0.4 is 4.74 Å². The van der Waals surface area contributed by atoms with Gasteiger partial charge < -0.3 is 9.72 Å². The summed E-state index contributed by atoms with van der Waals surface area (Å²) < 4.78 is 6.03. The van der Waals surface area contributed by atoms with Crippen LogP contribution in [0, 0.1) is 5.41 Å². The molecule has 1 aromatic heterocycles. The van der Waals surface area contributed by atoms with Crippen LogP contribution in [0.25, 0.3) is 0 Å². The molecule has 0 aliphatic heterocycles. The van der Waals surface area contributed by atoms with E-state index in [2.05, 4.69) is 4.98 Å².